The van der Waals surface area contributed by atoms with Crippen molar-refractivity contribution in [3.8, 4) is 0 Å². The number of rotatable bonds is 5. The molecular weight excluding hydrogens is 402 g/mol. The van der Waals surface area contributed by atoms with E-state index in [-0.39, 0.29) is 24.3 Å². The molecule has 2 fully saturated rings. The number of hydrogen-bond donors (Lipinski definition) is 0. The highest BCUT2D eigenvalue weighted by Gasteiger charge is 2.58. The van der Waals surface area contributed by atoms with Crippen molar-refractivity contribution in [1.82, 2.24) is 14.7 Å². The highest BCUT2D eigenvalue weighted by atomic mass is 16.5. The average Bonchev–Trinajstić information content (AvgIpc) is 3.03. The van der Waals surface area contributed by atoms with Crippen LogP contribution in [0.5, 0.6) is 0 Å². The Morgan fingerprint density at radius 1 is 1.12 bits per heavy atom. The normalized spacial score (nSPS) is 23.4. The van der Waals surface area contributed by atoms with Gasteiger partial charge in [-0.3, -0.25) is 9.59 Å². The molecule has 32 heavy (non-hydrogen) atoms. The first-order chi connectivity index (χ1) is 15.3. The molecule has 0 unspecified atom stereocenters. The van der Waals surface area contributed by atoms with Crippen molar-refractivity contribution < 1.29 is 14.3 Å². The van der Waals surface area contributed by atoms with E-state index < -0.39 is 5.60 Å². The largest absolute Gasteiger partial charge is 0.361 e. The molecule has 2 atom stereocenters. The van der Waals surface area contributed by atoms with Crippen LogP contribution in [0.2, 0.25) is 0 Å². The summed E-state index contributed by atoms with van der Waals surface area (Å²) in [4.78, 5) is 33.0. The van der Waals surface area contributed by atoms with Crippen LogP contribution in [0.3, 0.4) is 0 Å². The highest BCUT2D eigenvalue weighted by Crippen LogP contribution is 2.42. The standard InChI is InChI=1S/C26H33N3O3/c1-19-14-20(2)16-22(15-19)24(30)29-12-13-32-26(18-29)23(21-8-6-5-7-9-21)17-28(25(26)31)11-10-27(3)4/h5-9,14-16,23H,10-13,17-18H2,1-4H3/t23-,26-/m0/s1. The third-order valence-corrected chi connectivity index (χ3v) is 6.54. The van der Waals surface area contributed by atoms with E-state index in [0.717, 1.165) is 23.2 Å². The van der Waals surface area contributed by atoms with Gasteiger partial charge in [-0.2, -0.15) is 0 Å². The van der Waals surface area contributed by atoms with Crippen molar-refractivity contribution in [2.75, 3.05) is 53.4 Å². The number of morpholine rings is 1. The molecule has 4 rings (SSSR count). The van der Waals surface area contributed by atoms with Crippen molar-refractivity contribution in [3.05, 3.63) is 70.8 Å². The predicted molar refractivity (Wildman–Crippen MR) is 125 cm³/mol. The lowest BCUT2D eigenvalue weighted by Gasteiger charge is -2.42. The number of likely N-dealkylation sites (tertiary alicyclic amines) is 1. The van der Waals surface area contributed by atoms with Gasteiger partial charge >= 0.3 is 0 Å². The van der Waals surface area contributed by atoms with E-state index >= 15 is 0 Å². The molecular formula is C26H33N3O3. The summed E-state index contributed by atoms with van der Waals surface area (Å²) in [5.41, 5.74) is 2.83. The minimum atomic E-state index is -1.04. The number of carbonyl (C=O) groups excluding carboxylic acids is 2. The van der Waals surface area contributed by atoms with Crippen molar-refractivity contribution in [2.24, 2.45) is 0 Å². The first-order valence-electron chi connectivity index (χ1n) is 11.3. The molecule has 170 valence electrons. The Balaban J connectivity index is 1.66. The quantitative estimate of drug-likeness (QED) is 0.725. The van der Waals surface area contributed by atoms with Gasteiger partial charge in [-0.1, -0.05) is 47.5 Å². The summed E-state index contributed by atoms with van der Waals surface area (Å²) in [7, 11) is 4.01. The minimum Gasteiger partial charge on any atom is -0.361 e. The van der Waals surface area contributed by atoms with E-state index in [4.69, 9.17) is 4.74 Å². The Hall–Kier alpha value is -2.70. The van der Waals surface area contributed by atoms with Crippen LogP contribution < -0.4 is 0 Å². The summed E-state index contributed by atoms with van der Waals surface area (Å²) >= 11 is 0. The van der Waals surface area contributed by atoms with E-state index in [0.29, 0.717) is 31.8 Å². The molecule has 2 aliphatic heterocycles. The topological polar surface area (TPSA) is 53.1 Å². The SMILES string of the molecule is Cc1cc(C)cc(C(=O)N2CCO[C@]3(C2)C(=O)N(CCN(C)C)C[C@H]3c2ccccc2)c1. The van der Waals surface area contributed by atoms with Crippen molar-refractivity contribution >= 4 is 11.8 Å². The van der Waals surface area contributed by atoms with Gasteiger partial charge in [0.05, 0.1) is 13.2 Å². The molecule has 0 aromatic heterocycles. The molecule has 2 amide bonds. The van der Waals surface area contributed by atoms with E-state index in [1.165, 1.54) is 0 Å². The Bertz CT molecular complexity index is 971. The summed E-state index contributed by atoms with van der Waals surface area (Å²) < 4.78 is 6.31. The van der Waals surface area contributed by atoms with Crippen LogP contribution >= 0.6 is 0 Å². The van der Waals surface area contributed by atoms with Gasteiger partial charge in [0.1, 0.15) is 0 Å². The first-order valence-corrected chi connectivity index (χ1v) is 11.3. The monoisotopic (exact) mass is 435 g/mol. The third kappa shape index (κ3) is 4.30. The van der Waals surface area contributed by atoms with E-state index in [1.807, 2.05) is 63.2 Å². The van der Waals surface area contributed by atoms with Gasteiger partial charge in [0.15, 0.2) is 5.60 Å². The molecule has 2 saturated heterocycles. The van der Waals surface area contributed by atoms with Crippen LogP contribution in [0, 0.1) is 13.8 Å². The summed E-state index contributed by atoms with van der Waals surface area (Å²) in [6.07, 6.45) is 0. The van der Waals surface area contributed by atoms with Crippen LogP contribution in [0.15, 0.2) is 48.5 Å². The smallest absolute Gasteiger partial charge is 0.257 e. The second kappa shape index (κ2) is 9.04. The number of benzene rings is 2. The predicted octanol–water partition coefficient (Wildman–Crippen LogP) is 2.70. The maximum absolute atomic E-state index is 13.7. The maximum atomic E-state index is 13.7. The van der Waals surface area contributed by atoms with Gasteiger partial charge in [0, 0.05) is 37.7 Å². The zero-order valence-electron chi connectivity index (χ0n) is 19.5. The van der Waals surface area contributed by atoms with E-state index in [9.17, 15) is 9.59 Å². The van der Waals surface area contributed by atoms with E-state index in [2.05, 4.69) is 23.1 Å². The summed E-state index contributed by atoms with van der Waals surface area (Å²) in [5.74, 6) is -0.162. The second-order valence-corrected chi connectivity index (χ2v) is 9.36. The molecule has 0 bridgehead atoms. The van der Waals surface area contributed by atoms with Crippen LogP contribution in [-0.2, 0) is 9.53 Å². The van der Waals surface area contributed by atoms with Crippen LogP contribution in [0.4, 0.5) is 0 Å². The Labute approximate surface area is 190 Å². The first kappa shape index (κ1) is 22.5. The number of carbonyl (C=O) groups is 2. The molecule has 2 aromatic rings. The fraction of sp³-hybridized carbons (Fsp3) is 0.462. The lowest BCUT2D eigenvalue weighted by atomic mass is 9.83. The summed E-state index contributed by atoms with van der Waals surface area (Å²) in [6.45, 7) is 7.14. The average molecular weight is 436 g/mol. The molecule has 2 aromatic carbocycles. The highest BCUT2D eigenvalue weighted by molar-refractivity contribution is 5.96. The Morgan fingerprint density at radius 3 is 2.47 bits per heavy atom. The molecule has 0 N–H and O–H groups in total. The van der Waals surface area contributed by atoms with Gasteiger partial charge in [-0.15, -0.1) is 0 Å². The molecule has 2 heterocycles. The molecule has 0 aliphatic carbocycles. The molecule has 6 heteroatoms. The number of hydrogen-bond acceptors (Lipinski definition) is 4. The van der Waals surface area contributed by atoms with E-state index in [1.54, 1.807) is 4.90 Å². The third-order valence-electron chi connectivity index (χ3n) is 6.54. The van der Waals surface area contributed by atoms with Crippen molar-refractivity contribution in [3.63, 3.8) is 0 Å². The van der Waals surface area contributed by atoms with Crippen molar-refractivity contribution in [2.45, 2.75) is 25.4 Å². The van der Waals surface area contributed by atoms with Gasteiger partial charge < -0.3 is 19.4 Å². The zero-order chi connectivity index (χ0) is 22.9. The summed E-state index contributed by atoms with van der Waals surface area (Å²) in [5, 5.41) is 0. The lowest BCUT2D eigenvalue weighted by Crippen LogP contribution is -2.59. The van der Waals surface area contributed by atoms with Gasteiger partial charge in [-0.05, 0) is 45.6 Å². The number of amides is 2. The lowest BCUT2D eigenvalue weighted by molar-refractivity contribution is -0.159. The maximum Gasteiger partial charge on any atom is 0.257 e. The Kier molecular flexibility index (Phi) is 6.35. The molecule has 2 aliphatic rings. The second-order valence-electron chi connectivity index (χ2n) is 9.36. The number of likely N-dealkylation sites (N-methyl/N-ethyl adjacent to an activating group) is 1. The van der Waals surface area contributed by atoms with Crippen molar-refractivity contribution in [1.29, 1.82) is 0 Å². The molecule has 1 spiro atoms. The van der Waals surface area contributed by atoms with Crippen LogP contribution in [-0.4, -0.2) is 85.5 Å². The fourth-order valence-electron chi connectivity index (χ4n) is 4.98. The van der Waals surface area contributed by atoms with Gasteiger partial charge in [0.25, 0.3) is 11.8 Å². The number of nitrogens with zero attached hydrogens (tertiary/aromatic N) is 3. The van der Waals surface area contributed by atoms with Gasteiger partial charge in [-0.25, -0.2) is 0 Å². The molecule has 0 radical (unpaired) electrons. The zero-order valence-corrected chi connectivity index (χ0v) is 19.5. The minimum absolute atomic E-state index is 0.00822. The number of ether oxygens (including phenoxy) is 1. The van der Waals surface area contributed by atoms with Crippen LogP contribution in [0.25, 0.3) is 0 Å². The Morgan fingerprint density at radius 2 is 1.81 bits per heavy atom. The molecule has 6 nitrogen and oxygen atoms in total. The number of aryl methyl sites for hydroxylation is 2. The molecule has 0 saturated carbocycles. The van der Waals surface area contributed by atoms with Crippen LogP contribution in [0.1, 0.15) is 33.0 Å². The fourth-order valence-corrected chi connectivity index (χ4v) is 4.98. The summed E-state index contributed by atoms with van der Waals surface area (Å²) in [6, 6.07) is 16.0. The van der Waals surface area contributed by atoms with Gasteiger partial charge in [0.2, 0.25) is 0 Å².